The fourth-order valence-electron chi connectivity index (χ4n) is 2.79. The molecule has 3 rings (SSSR count). The van der Waals surface area contributed by atoms with Gasteiger partial charge in [0.05, 0.1) is 11.5 Å². The second-order valence-electron chi connectivity index (χ2n) is 5.13. The summed E-state index contributed by atoms with van der Waals surface area (Å²) < 4.78 is 1.70. The molecule has 5 nitrogen and oxygen atoms in total. The average Bonchev–Trinajstić information content (AvgIpc) is 2.92. The van der Waals surface area contributed by atoms with Gasteiger partial charge in [0.1, 0.15) is 5.02 Å². The molecular formula is C15H13ClN2O3. The van der Waals surface area contributed by atoms with E-state index in [2.05, 4.69) is 0 Å². The molecule has 0 radical (unpaired) electrons. The number of hydrogen-bond acceptors (Lipinski definition) is 3. The van der Waals surface area contributed by atoms with Crippen LogP contribution in [0.1, 0.15) is 23.2 Å². The quantitative estimate of drug-likeness (QED) is 0.647. The number of aryl methyl sites for hydroxylation is 1. The zero-order valence-corrected chi connectivity index (χ0v) is 12.0. The van der Waals surface area contributed by atoms with Crippen LogP contribution < -0.4 is 5.56 Å². The molecule has 1 aromatic carbocycles. The fourth-order valence-corrected chi connectivity index (χ4v) is 2.97. The van der Waals surface area contributed by atoms with E-state index in [9.17, 15) is 14.9 Å². The molecule has 0 amide bonds. The molecule has 0 N–H and O–H groups in total. The van der Waals surface area contributed by atoms with E-state index in [0.29, 0.717) is 12.1 Å². The van der Waals surface area contributed by atoms with Crippen LogP contribution in [0.4, 0.5) is 5.69 Å². The maximum absolute atomic E-state index is 12.1. The van der Waals surface area contributed by atoms with E-state index in [0.717, 1.165) is 25.0 Å². The number of nitro groups is 1. The predicted molar refractivity (Wildman–Crippen MR) is 79.9 cm³/mol. The first-order valence-corrected chi connectivity index (χ1v) is 7.08. The summed E-state index contributed by atoms with van der Waals surface area (Å²) in [5.41, 5.74) is 2.73. The van der Waals surface area contributed by atoms with Gasteiger partial charge in [-0.2, -0.15) is 0 Å². The molecule has 1 aliphatic rings. The van der Waals surface area contributed by atoms with Gasteiger partial charge in [-0.15, -0.1) is 0 Å². The van der Waals surface area contributed by atoms with Crippen LogP contribution in [-0.4, -0.2) is 9.49 Å². The average molecular weight is 305 g/mol. The second-order valence-corrected chi connectivity index (χ2v) is 5.53. The molecule has 1 aromatic heterocycles. The first kappa shape index (κ1) is 13.8. The summed E-state index contributed by atoms with van der Waals surface area (Å²) in [6.07, 6.45) is 2.90. The van der Waals surface area contributed by atoms with Crippen molar-refractivity contribution in [1.82, 2.24) is 4.57 Å². The van der Waals surface area contributed by atoms with Crippen LogP contribution in [0.3, 0.4) is 0 Å². The zero-order valence-electron chi connectivity index (χ0n) is 11.2. The Kier molecular flexibility index (Phi) is 3.51. The molecule has 2 aromatic rings. The molecule has 1 aliphatic carbocycles. The molecule has 0 unspecified atom stereocenters. The van der Waals surface area contributed by atoms with Gasteiger partial charge in [0.15, 0.2) is 0 Å². The lowest BCUT2D eigenvalue weighted by atomic mass is 10.1. The monoisotopic (exact) mass is 304 g/mol. The van der Waals surface area contributed by atoms with Gasteiger partial charge in [-0.05, 0) is 36.5 Å². The minimum atomic E-state index is -0.510. The molecule has 1 heterocycles. The molecule has 0 saturated carbocycles. The maximum atomic E-state index is 12.1. The Bertz CT molecular complexity index is 783. The SMILES string of the molecule is O=c1ccc2c(n1Cc1ccc(Cl)c([N+](=O)[O-])c1)CCC2. The minimum Gasteiger partial charge on any atom is -0.308 e. The van der Waals surface area contributed by atoms with Crippen molar-refractivity contribution < 1.29 is 4.92 Å². The van der Waals surface area contributed by atoms with E-state index >= 15 is 0 Å². The van der Waals surface area contributed by atoms with E-state index in [1.165, 1.54) is 17.7 Å². The number of hydrogen-bond donors (Lipinski definition) is 0. The highest BCUT2D eigenvalue weighted by Gasteiger charge is 2.17. The molecule has 0 spiro atoms. The first-order chi connectivity index (χ1) is 10.1. The van der Waals surface area contributed by atoms with Gasteiger partial charge in [-0.25, -0.2) is 0 Å². The fraction of sp³-hybridized carbons (Fsp3) is 0.267. The van der Waals surface area contributed by atoms with Crippen LogP contribution in [-0.2, 0) is 19.4 Å². The smallest absolute Gasteiger partial charge is 0.288 e. The van der Waals surface area contributed by atoms with Crippen molar-refractivity contribution in [3.8, 4) is 0 Å². The highest BCUT2D eigenvalue weighted by molar-refractivity contribution is 6.32. The standard InChI is InChI=1S/C15H13ClN2O3/c16-12-6-4-10(8-14(12)18(20)21)9-17-13-3-1-2-11(13)5-7-15(17)19/h4-8H,1-3,9H2. The molecule has 0 aliphatic heterocycles. The predicted octanol–water partition coefficient (Wildman–Crippen LogP) is 2.95. The van der Waals surface area contributed by atoms with Crippen molar-refractivity contribution in [3.63, 3.8) is 0 Å². The van der Waals surface area contributed by atoms with Crippen LogP contribution in [0.2, 0.25) is 5.02 Å². The number of benzene rings is 1. The van der Waals surface area contributed by atoms with Crippen molar-refractivity contribution in [2.75, 3.05) is 0 Å². The third-order valence-electron chi connectivity index (χ3n) is 3.80. The van der Waals surface area contributed by atoms with E-state index in [1.54, 1.807) is 16.7 Å². The largest absolute Gasteiger partial charge is 0.308 e. The second kappa shape index (κ2) is 5.33. The van der Waals surface area contributed by atoms with Crippen molar-refractivity contribution in [2.24, 2.45) is 0 Å². The molecule has 0 atom stereocenters. The van der Waals surface area contributed by atoms with E-state index < -0.39 is 4.92 Å². The maximum Gasteiger partial charge on any atom is 0.288 e. The van der Waals surface area contributed by atoms with Gasteiger partial charge >= 0.3 is 0 Å². The summed E-state index contributed by atoms with van der Waals surface area (Å²) in [4.78, 5) is 22.5. The minimum absolute atomic E-state index is 0.0757. The van der Waals surface area contributed by atoms with E-state index in [1.807, 2.05) is 6.07 Å². The number of rotatable bonds is 3. The summed E-state index contributed by atoms with van der Waals surface area (Å²) in [6.45, 7) is 0.333. The molecule has 108 valence electrons. The van der Waals surface area contributed by atoms with Crippen LogP contribution in [0, 0.1) is 10.1 Å². The van der Waals surface area contributed by atoms with E-state index in [-0.39, 0.29) is 16.3 Å². The lowest BCUT2D eigenvalue weighted by molar-refractivity contribution is -0.384. The molecule has 0 fully saturated rings. The lowest BCUT2D eigenvalue weighted by Crippen LogP contribution is -2.23. The Morgan fingerprint density at radius 2 is 2.05 bits per heavy atom. The van der Waals surface area contributed by atoms with Crippen LogP contribution >= 0.6 is 11.6 Å². The van der Waals surface area contributed by atoms with E-state index in [4.69, 9.17) is 11.6 Å². The van der Waals surface area contributed by atoms with Gasteiger partial charge in [0.25, 0.3) is 11.2 Å². The topological polar surface area (TPSA) is 65.1 Å². The Morgan fingerprint density at radius 3 is 2.81 bits per heavy atom. The van der Waals surface area contributed by atoms with Crippen LogP contribution in [0.5, 0.6) is 0 Å². The summed E-state index contributed by atoms with van der Waals surface area (Å²) in [5.74, 6) is 0. The Hall–Kier alpha value is -2.14. The number of aromatic nitrogens is 1. The lowest BCUT2D eigenvalue weighted by Gasteiger charge is -2.12. The van der Waals surface area contributed by atoms with Gasteiger partial charge < -0.3 is 4.57 Å². The summed E-state index contributed by atoms with van der Waals surface area (Å²) in [6, 6.07) is 8.10. The molecule has 6 heteroatoms. The third kappa shape index (κ3) is 2.56. The number of pyridine rings is 1. The van der Waals surface area contributed by atoms with Crippen molar-refractivity contribution in [3.05, 3.63) is 72.6 Å². The third-order valence-corrected chi connectivity index (χ3v) is 4.12. The molecular weight excluding hydrogens is 292 g/mol. The van der Waals surface area contributed by atoms with Crippen LogP contribution in [0.15, 0.2) is 35.1 Å². The van der Waals surface area contributed by atoms with Gasteiger partial charge in [-0.1, -0.05) is 23.7 Å². The normalized spacial score (nSPS) is 13.2. The van der Waals surface area contributed by atoms with Gasteiger partial charge in [0, 0.05) is 17.8 Å². The van der Waals surface area contributed by atoms with Crippen molar-refractivity contribution in [1.29, 1.82) is 0 Å². The van der Waals surface area contributed by atoms with Crippen LogP contribution in [0.25, 0.3) is 0 Å². The number of halogens is 1. The molecule has 21 heavy (non-hydrogen) atoms. The van der Waals surface area contributed by atoms with Gasteiger partial charge in [-0.3, -0.25) is 14.9 Å². The highest BCUT2D eigenvalue weighted by Crippen LogP contribution is 2.26. The zero-order chi connectivity index (χ0) is 15.0. The molecule has 0 saturated heterocycles. The van der Waals surface area contributed by atoms with Crippen molar-refractivity contribution in [2.45, 2.75) is 25.8 Å². The number of fused-ring (bicyclic) bond motifs is 1. The Labute approximate surface area is 125 Å². The summed E-state index contributed by atoms with van der Waals surface area (Å²) in [5, 5.41) is 11.0. The summed E-state index contributed by atoms with van der Waals surface area (Å²) in [7, 11) is 0. The highest BCUT2D eigenvalue weighted by atomic mass is 35.5. The number of nitrogens with zero attached hydrogens (tertiary/aromatic N) is 2. The Balaban J connectivity index is 2.02. The molecule has 0 bridgehead atoms. The Morgan fingerprint density at radius 1 is 1.24 bits per heavy atom. The summed E-state index contributed by atoms with van der Waals surface area (Å²) >= 11 is 5.81. The first-order valence-electron chi connectivity index (χ1n) is 6.70. The number of nitro benzene ring substituents is 1. The van der Waals surface area contributed by atoms with Crippen molar-refractivity contribution >= 4 is 17.3 Å². The van der Waals surface area contributed by atoms with Gasteiger partial charge in [0.2, 0.25) is 0 Å².